The van der Waals surface area contributed by atoms with Crippen molar-refractivity contribution in [1.82, 2.24) is 9.62 Å². The fourth-order valence-electron chi connectivity index (χ4n) is 3.29. The molecule has 2 atom stereocenters. The van der Waals surface area contributed by atoms with Gasteiger partial charge in [-0.2, -0.15) is 0 Å². The van der Waals surface area contributed by atoms with Crippen LogP contribution in [0.2, 0.25) is 0 Å². The van der Waals surface area contributed by atoms with E-state index in [9.17, 15) is 17.6 Å². The largest absolute Gasteiger partial charge is 0.352 e. The van der Waals surface area contributed by atoms with Gasteiger partial charge in [0.1, 0.15) is 5.82 Å². The van der Waals surface area contributed by atoms with E-state index in [1.165, 1.54) is 39.4 Å². The van der Waals surface area contributed by atoms with E-state index in [0.29, 0.717) is 12.6 Å². The van der Waals surface area contributed by atoms with Crippen molar-refractivity contribution in [2.24, 2.45) is 0 Å². The molecule has 2 N–H and O–H groups in total. The molecule has 0 spiro atoms. The normalized spacial score (nSPS) is 21.0. The molecule has 26 heavy (non-hydrogen) atoms. The number of sulfonamides is 1. The van der Waals surface area contributed by atoms with Crippen molar-refractivity contribution < 1.29 is 22.5 Å². The minimum absolute atomic E-state index is 0.0966. The van der Waals surface area contributed by atoms with Crippen molar-refractivity contribution in [2.75, 3.05) is 33.7 Å². The highest BCUT2D eigenvalue weighted by molar-refractivity contribution is 7.89. The van der Waals surface area contributed by atoms with E-state index in [1.54, 1.807) is 4.90 Å². The molecule has 0 aromatic heterocycles. The first-order valence-corrected chi connectivity index (χ1v) is 10.5. The summed E-state index contributed by atoms with van der Waals surface area (Å²) >= 11 is 0. The van der Waals surface area contributed by atoms with Gasteiger partial charge in [-0.25, -0.2) is 17.1 Å². The molecule has 1 aliphatic heterocycles. The molecule has 0 saturated carbocycles. The van der Waals surface area contributed by atoms with Crippen LogP contribution in [0.3, 0.4) is 0 Å². The van der Waals surface area contributed by atoms with Crippen molar-refractivity contribution in [3.8, 4) is 0 Å². The average Bonchev–Trinajstić information content (AvgIpc) is 2.60. The summed E-state index contributed by atoms with van der Waals surface area (Å²) in [5, 5.41) is 2.70. The summed E-state index contributed by atoms with van der Waals surface area (Å²) in [6.07, 6.45) is 4.57. The fraction of sp³-hybridized carbons (Fsp3) is 0.611. The molecule has 6 nitrogen and oxygen atoms in total. The Kier molecular flexibility index (Phi) is 7.14. The highest BCUT2D eigenvalue weighted by Crippen LogP contribution is 2.17. The third kappa shape index (κ3) is 5.02. The van der Waals surface area contributed by atoms with Gasteiger partial charge in [-0.3, -0.25) is 4.79 Å². The maximum atomic E-state index is 14.0. The van der Waals surface area contributed by atoms with Crippen LogP contribution in [0, 0.1) is 5.82 Å². The molecule has 0 bridgehead atoms. The summed E-state index contributed by atoms with van der Waals surface area (Å²) in [5.41, 5.74) is -0.244. The second-order valence-electron chi connectivity index (χ2n) is 7.09. The van der Waals surface area contributed by atoms with Crippen LogP contribution >= 0.6 is 0 Å². The summed E-state index contributed by atoms with van der Waals surface area (Å²) in [4.78, 5) is 13.7. The molecular formula is C18H29FN3O3S+. The highest BCUT2D eigenvalue weighted by atomic mass is 32.2. The Hall–Kier alpha value is -1.51. The van der Waals surface area contributed by atoms with E-state index in [1.807, 2.05) is 0 Å². The van der Waals surface area contributed by atoms with Gasteiger partial charge in [0.2, 0.25) is 10.0 Å². The van der Waals surface area contributed by atoms with Crippen LogP contribution in [0.1, 0.15) is 43.0 Å². The first-order chi connectivity index (χ1) is 12.2. The number of nitrogens with zero attached hydrogens (tertiary/aromatic N) is 1. The summed E-state index contributed by atoms with van der Waals surface area (Å²) in [5.74, 6) is -1.31. The Labute approximate surface area is 155 Å². The first-order valence-electron chi connectivity index (χ1n) is 9.08. The second kappa shape index (κ2) is 8.92. The number of likely N-dealkylation sites (tertiary alicyclic amines) is 1. The van der Waals surface area contributed by atoms with Crippen molar-refractivity contribution in [1.29, 1.82) is 0 Å². The Bertz CT molecular complexity index is 737. The summed E-state index contributed by atoms with van der Waals surface area (Å²) in [6.45, 7) is 4.82. The number of halogens is 1. The number of rotatable bonds is 7. The molecular weight excluding hydrogens is 357 g/mol. The van der Waals surface area contributed by atoms with Crippen molar-refractivity contribution in [3.05, 3.63) is 29.6 Å². The lowest BCUT2D eigenvalue weighted by atomic mass is 10.0. The molecule has 1 aromatic rings. The SMILES string of the molecule is C[C@H]1CCCC[NH+]1CCCNC(=O)c1cc(S(=O)(=O)N(C)C)ccc1F. The van der Waals surface area contributed by atoms with Crippen molar-refractivity contribution in [2.45, 2.75) is 43.5 Å². The number of amides is 1. The number of quaternary nitrogens is 1. The zero-order chi connectivity index (χ0) is 19.3. The van der Waals surface area contributed by atoms with Gasteiger partial charge in [0, 0.05) is 27.1 Å². The van der Waals surface area contributed by atoms with Gasteiger partial charge in [0.15, 0.2) is 0 Å². The average molecular weight is 387 g/mol. The Morgan fingerprint density at radius 2 is 2.08 bits per heavy atom. The van der Waals surface area contributed by atoms with E-state index in [-0.39, 0.29) is 10.5 Å². The van der Waals surface area contributed by atoms with Gasteiger partial charge < -0.3 is 10.2 Å². The fourth-order valence-corrected chi connectivity index (χ4v) is 4.22. The van der Waals surface area contributed by atoms with E-state index in [4.69, 9.17) is 0 Å². The van der Waals surface area contributed by atoms with Crippen LogP contribution in [0.4, 0.5) is 4.39 Å². The standard InChI is InChI=1S/C18H28FN3O3S/c1-14-7-4-5-11-22(14)12-6-10-20-18(23)16-13-15(8-9-17(16)19)26(24,25)21(2)3/h8-9,13-14H,4-7,10-12H2,1-3H3,(H,20,23)/p+1/t14-/m0/s1. The quantitative estimate of drug-likeness (QED) is 0.676. The van der Waals surface area contributed by atoms with Gasteiger partial charge in [0.25, 0.3) is 5.91 Å². The van der Waals surface area contributed by atoms with Gasteiger partial charge in [-0.1, -0.05) is 0 Å². The van der Waals surface area contributed by atoms with Gasteiger partial charge in [-0.05, 0) is 44.4 Å². The third-order valence-corrected chi connectivity index (χ3v) is 6.81. The molecule has 1 aromatic carbocycles. The van der Waals surface area contributed by atoms with Crippen molar-refractivity contribution >= 4 is 15.9 Å². The van der Waals surface area contributed by atoms with Crippen molar-refractivity contribution in [3.63, 3.8) is 0 Å². The molecule has 1 fully saturated rings. The third-order valence-electron chi connectivity index (χ3n) is 5.00. The summed E-state index contributed by atoms with van der Waals surface area (Å²) in [6, 6.07) is 3.93. The van der Waals surface area contributed by atoms with Crippen LogP contribution in [0.15, 0.2) is 23.1 Å². The van der Waals surface area contributed by atoms with Gasteiger partial charge in [0.05, 0.1) is 29.6 Å². The van der Waals surface area contributed by atoms with E-state index in [0.717, 1.165) is 35.9 Å². The lowest BCUT2D eigenvalue weighted by Gasteiger charge is -2.30. The predicted octanol–water partition coefficient (Wildman–Crippen LogP) is 0.653. The van der Waals surface area contributed by atoms with Crippen LogP contribution in [0.5, 0.6) is 0 Å². The zero-order valence-electron chi connectivity index (χ0n) is 15.7. The molecule has 0 radical (unpaired) electrons. The van der Waals surface area contributed by atoms with Crippen LogP contribution < -0.4 is 10.2 Å². The molecule has 1 aliphatic rings. The van der Waals surface area contributed by atoms with Crippen LogP contribution in [0.25, 0.3) is 0 Å². The lowest BCUT2D eigenvalue weighted by Crippen LogP contribution is -3.16. The summed E-state index contributed by atoms with van der Waals surface area (Å²) < 4.78 is 39.3. The minimum atomic E-state index is -3.71. The highest BCUT2D eigenvalue weighted by Gasteiger charge is 2.22. The van der Waals surface area contributed by atoms with E-state index < -0.39 is 21.7 Å². The Morgan fingerprint density at radius 1 is 1.35 bits per heavy atom. The number of carbonyl (C=O) groups is 1. The molecule has 2 rings (SSSR count). The first kappa shape index (κ1) is 20.8. The molecule has 1 unspecified atom stereocenters. The molecule has 146 valence electrons. The van der Waals surface area contributed by atoms with Crippen LogP contribution in [-0.4, -0.2) is 58.4 Å². The number of hydrogen-bond donors (Lipinski definition) is 2. The number of carbonyl (C=O) groups excluding carboxylic acids is 1. The molecule has 8 heteroatoms. The maximum absolute atomic E-state index is 14.0. The van der Waals surface area contributed by atoms with Crippen LogP contribution in [-0.2, 0) is 10.0 Å². The van der Waals surface area contributed by atoms with E-state index in [2.05, 4.69) is 12.2 Å². The number of benzene rings is 1. The number of nitrogens with one attached hydrogen (secondary N) is 2. The summed E-state index contributed by atoms with van der Waals surface area (Å²) in [7, 11) is -0.930. The molecule has 1 saturated heterocycles. The second-order valence-corrected chi connectivity index (χ2v) is 9.25. The Morgan fingerprint density at radius 3 is 2.73 bits per heavy atom. The number of piperidine rings is 1. The minimum Gasteiger partial charge on any atom is -0.352 e. The van der Waals surface area contributed by atoms with Gasteiger partial charge >= 0.3 is 0 Å². The predicted molar refractivity (Wildman–Crippen MR) is 98.2 cm³/mol. The monoisotopic (exact) mass is 386 g/mol. The zero-order valence-corrected chi connectivity index (χ0v) is 16.5. The molecule has 1 heterocycles. The smallest absolute Gasteiger partial charge is 0.254 e. The van der Waals surface area contributed by atoms with E-state index >= 15 is 0 Å². The lowest BCUT2D eigenvalue weighted by molar-refractivity contribution is -0.928. The molecule has 1 amide bonds. The number of hydrogen-bond acceptors (Lipinski definition) is 3. The topological polar surface area (TPSA) is 70.9 Å². The molecule has 0 aliphatic carbocycles. The Balaban J connectivity index is 1.94. The van der Waals surface area contributed by atoms with Gasteiger partial charge in [-0.15, -0.1) is 0 Å². The maximum Gasteiger partial charge on any atom is 0.254 e.